The summed E-state index contributed by atoms with van der Waals surface area (Å²) in [5.41, 5.74) is 43.1. The zero-order chi connectivity index (χ0) is 67.5. The number of Topliss-reactive ketones (excluding diaryl/α,β-unsaturated/α-hetero) is 3. The number of amides is 3. The Hall–Kier alpha value is -9.19. The van der Waals surface area contributed by atoms with Crippen LogP contribution in [-0.4, -0.2) is 108 Å². The van der Waals surface area contributed by atoms with Gasteiger partial charge in [0.05, 0.1) is 21.3 Å². The van der Waals surface area contributed by atoms with Gasteiger partial charge in [0.25, 0.3) is 17.7 Å². The third-order valence-corrected chi connectivity index (χ3v) is 18.3. The number of aromatic nitrogens is 3. The first-order valence-electron chi connectivity index (χ1n) is 31.9. The summed E-state index contributed by atoms with van der Waals surface area (Å²) in [6.07, 6.45) is 2.80. The number of benzene rings is 6. The molecule has 3 heterocycles. The highest BCUT2D eigenvalue weighted by Gasteiger charge is 2.44. The van der Waals surface area contributed by atoms with Gasteiger partial charge in [-0.2, -0.15) is 0 Å². The largest absolute Gasteiger partial charge is 0.497 e. The highest BCUT2D eigenvalue weighted by Crippen LogP contribution is 2.37. The first kappa shape index (κ1) is 71.7. The predicted octanol–water partition coefficient (Wildman–Crippen LogP) is 9.41. The van der Waals surface area contributed by atoms with Crippen molar-refractivity contribution in [1.29, 1.82) is 0 Å². The van der Waals surface area contributed by atoms with Gasteiger partial charge in [-0.05, 0) is 223 Å². The molecule has 95 heavy (non-hydrogen) atoms. The van der Waals surface area contributed by atoms with Crippen LogP contribution in [0.1, 0.15) is 114 Å². The summed E-state index contributed by atoms with van der Waals surface area (Å²) in [7, 11) is 4.71. The number of nitrogens with two attached hydrogens (primary N) is 6. The number of ether oxygens (including phenoxy) is 3. The molecular formula is C73H89ClN12O9. The average molecular weight is 1310 g/mol. The van der Waals surface area contributed by atoms with E-state index in [1.165, 1.54) is 0 Å². The van der Waals surface area contributed by atoms with Crippen molar-refractivity contribution < 1.29 is 43.0 Å². The van der Waals surface area contributed by atoms with Crippen LogP contribution < -0.4 is 64.6 Å². The molecule has 0 fully saturated rings. The van der Waals surface area contributed by atoms with Crippen LogP contribution in [0.4, 0.5) is 17.1 Å². The Morgan fingerprint density at radius 2 is 0.653 bits per heavy atom. The van der Waals surface area contributed by atoms with E-state index in [4.69, 9.17) is 48.6 Å². The number of fused-ring (bicyclic) bond motifs is 3. The number of unbranched alkanes of at least 4 members (excludes halogenated alkanes) is 3. The monoisotopic (exact) mass is 1310 g/mol. The summed E-state index contributed by atoms with van der Waals surface area (Å²) in [5.74, 6) is -2.04. The van der Waals surface area contributed by atoms with Crippen LogP contribution in [0.5, 0.6) is 17.2 Å². The summed E-state index contributed by atoms with van der Waals surface area (Å²) in [5, 5.41) is 11.2. The van der Waals surface area contributed by atoms with Gasteiger partial charge < -0.3 is 79.5 Å². The fourth-order valence-electron chi connectivity index (χ4n) is 12.5. The maximum absolute atomic E-state index is 14.5. The minimum Gasteiger partial charge on any atom is -0.497 e. The number of methoxy groups -OCH3 is 3. The van der Waals surface area contributed by atoms with Gasteiger partial charge in [0.2, 0.25) is 0 Å². The fraction of sp³-hybridized carbons (Fsp3) is 0.342. The second-order valence-corrected chi connectivity index (χ2v) is 24.5. The van der Waals surface area contributed by atoms with Gasteiger partial charge in [0.1, 0.15) is 17.2 Å². The quantitative estimate of drug-likeness (QED) is 0.0103. The summed E-state index contributed by atoms with van der Waals surface area (Å²) in [6, 6.07) is 38.2. The molecule has 3 amide bonds. The first-order chi connectivity index (χ1) is 45.1. The standard InChI is InChI=1S/C73H88N12O9.ClH/c1-43-55(58-37-52(92-4)25-28-61(58)80-43)40-64(86)71(77,31-7-10-34-74)68(89)83-49-19-13-46(14-20-49)67(47-15-21-50(22-16-47)84-69(90)72(78,32-8-11-35-75)65(87)41-56-44(2)81-62-29-26-53(93-5)38-59(56)62)48-17-23-51(24-18-48)85-70(91)73(79,33-9-12-36-76)66(88)42-57-45(3)82-63-30-27-54(94-6)39-60(57)63;/h13-30,37-39,67,80-82H,7-12,31-36,40-42,74-79H2,1-6H3,(H,83,89)(H,84,90)(H,85,91);1H/t71-,72-,73-;/m0./s1. The van der Waals surface area contributed by atoms with E-state index < -0.39 is 57.6 Å². The van der Waals surface area contributed by atoms with E-state index in [0.29, 0.717) is 109 Å². The Morgan fingerprint density at radius 1 is 0.400 bits per heavy atom. The number of hydrogen-bond donors (Lipinski definition) is 12. The van der Waals surface area contributed by atoms with Gasteiger partial charge in [-0.3, -0.25) is 28.8 Å². The van der Waals surface area contributed by atoms with Crippen LogP contribution in [0.15, 0.2) is 127 Å². The maximum atomic E-state index is 14.5. The number of hydrogen-bond acceptors (Lipinski definition) is 15. The average Bonchev–Trinajstić information content (AvgIpc) is 1.73. The van der Waals surface area contributed by atoms with E-state index in [1.807, 2.05) is 112 Å². The third-order valence-electron chi connectivity index (χ3n) is 18.3. The molecule has 6 aromatic carbocycles. The molecule has 0 aliphatic carbocycles. The zero-order valence-electron chi connectivity index (χ0n) is 54.9. The molecule has 0 unspecified atom stereocenters. The molecular weight excluding hydrogens is 1220 g/mol. The van der Waals surface area contributed by atoms with E-state index >= 15 is 0 Å². The molecule has 0 bridgehead atoms. The molecule has 9 rings (SSSR count). The number of rotatable bonds is 33. The lowest BCUT2D eigenvalue weighted by Crippen LogP contribution is -2.58. The Bertz CT molecular complexity index is 3790. The molecule has 0 spiro atoms. The maximum Gasteiger partial charge on any atom is 0.252 e. The van der Waals surface area contributed by atoms with Gasteiger partial charge in [-0.25, -0.2) is 0 Å². The Kier molecular flexibility index (Phi) is 23.7. The number of H-pyrrole nitrogens is 3. The van der Waals surface area contributed by atoms with E-state index in [1.54, 1.807) is 57.7 Å². The summed E-state index contributed by atoms with van der Waals surface area (Å²) >= 11 is 0. The molecule has 0 aliphatic rings. The number of carbonyl (C=O) groups is 6. The van der Waals surface area contributed by atoms with Gasteiger partial charge in [0.15, 0.2) is 34.0 Å². The number of carbonyl (C=O) groups excluding carboxylic acids is 6. The van der Waals surface area contributed by atoms with Crippen molar-refractivity contribution in [3.63, 3.8) is 0 Å². The molecule has 3 atom stereocenters. The van der Waals surface area contributed by atoms with Crippen LogP contribution in [0.25, 0.3) is 32.7 Å². The van der Waals surface area contributed by atoms with Gasteiger partial charge >= 0.3 is 0 Å². The predicted molar refractivity (Wildman–Crippen MR) is 378 cm³/mol. The second-order valence-electron chi connectivity index (χ2n) is 24.5. The van der Waals surface area contributed by atoms with E-state index in [0.717, 1.165) is 66.5 Å². The van der Waals surface area contributed by atoms with Crippen LogP contribution in [0, 0.1) is 20.8 Å². The molecule has 21 nitrogen and oxygen atoms in total. The van der Waals surface area contributed by atoms with Crippen molar-refractivity contribution in [3.05, 3.63) is 178 Å². The van der Waals surface area contributed by atoms with Crippen molar-refractivity contribution in [2.24, 2.45) is 34.4 Å². The number of aromatic amines is 3. The molecule has 9 aromatic rings. The highest BCUT2D eigenvalue weighted by atomic mass is 35.5. The molecule has 18 N–H and O–H groups in total. The van der Waals surface area contributed by atoms with Crippen molar-refractivity contribution >= 4 is 97.2 Å². The van der Waals surface area contributed by atoms with Gasteiger partial charge in [-0.1, -0.05) is 36.4 Å². The lowest BCUT2D eigenvalue weighted by Gasteiger charge is -2.28. The van der Waals surface area contributed by atoms with Crippen molar-refractivity contribution in [2.75, 3.05) is 56.9 Å². The first-order valence-corrected chi connectivity index (χ1v) is 31.9. The Labute approximate surface area is 559 Å². The van der Waals surface area contributed by atoms with E-state index in [2.05, 4.69) is 30.9 Å². The molecule has 0 saturated carbocycles. The summed E-state index contributed by atoms with van der Waals surface area (Å²) in [6.45, 7) is 6.69. The number of halogens is 1. The van der Waals surface area contributed by atoms with Crippen LogP contribution in [0.2, 0.25) is 0 Å². The zero-order valence-corrected chi connectivity index (χ0v) is 55.7. The third kappa shape index (κ3) is 15.8. The lowest BCUT2D eigenvalue weighted by atomic mass is 9.83. The van der Waals surface area contributed by atoms with Gasteiger partial charge in [-0.15, -0.1) is 12.4 Å². The number of nitrogens with one attached hydrogen (secondary N) is 6. The van der Waals surface area contributed by atoms with Crippen LogP contribution in [0.3, 0.4) is 0 Å². The molecule has 3 aromatic heterocycles. The number of anilines is 3. The minimum atomic E-state index is -1.92. The molecule has 0 saturated heterocycles. The van der Waals surface area contributed by atoms with Gasteiger partial charge in [0, 0.05) is 92.0 Å². The Morgan fingerprint density at radius 3 is 0.884 bits per heavy atom. The molecule has 22 heteroatoms. The topological polar surface area (TPSA) is 370 Å². The van der Waals surface area contributed by atoms with E-state index in [-0.39, 0.29) is 50.9 Å². The summed E-state index contributed by atoms with van der Waals surface area (Å²) in [4.78, 5) is 97.0. The normalized spacial score (nSPS) is 13.4. The highest BCUT2D eigenvalue weighted by molar-refractivity contribution is 6.18. The van der Waals surface area contributed by atoms with Crippen molar-refractivity contribution in [3.8, 4) is 17.2 Å². The SMILES string of the molecule is COc1ccc2[nH]c(C)c(CC(=O)[C@@](N)(CCCCN)C(=O)Nc3ccc(C(c4ccc(NC(=O)[C@](N)(CCCCN)C(=O)Cc5c(C)[nH]c6ccc(OC)cc56)cc4)c4ccc(NC(=O)[C@](N)(CCCCN)C(=O)Cc5c(C)[nH]c6ccc(OC)cc56)cc4)cc3)c2c1.Cl. The summed E-state index contributed by atoms with van der Waals surface area (Å²) < 4.78 is 16.5. The number of ketones is 3. The van der Waals surface area contributed by atoms with Crippen molar-refractivity contribution in [2.45, 2.75) is 120 Å². The van der Waals surface area contributed by atoms with Crippen LogP contribution in [-0.2, 0) is 48.0 Å². The van der Waals surface area contributed by atoms with Crippen molar-refractivity contribution in [1.82, 2.24) is 15.0 Å². The second kappa shape index (κ2) is 31.4. The number of aryl methyl sites for hydroxylation is 3. The lowest BCUT2D eigenvalue weighted by molar-refractivity contribution is -0.134. The Balaban J connectivity index is 0.0000116. The van der Waals surface area contributed by atoms with E-state index in [9.17, 15) is 28.8 Å². The molecule has 0 aliphatic heterocycles. The smallest absolute Gasteiger partial charge is 0.252 e. The molecule has 0 radical (unpaired) electrons. The van der Waals surface area contributed by atoms with Crippen LogP contribution >= 0.6 is 12.4 Å². The fourth-order valence-corrected chi connectivity index (χ4v) is 12.5. The minimum absolute atomic E-state index is 0. The molecule has 502 valence electrons.